The Labute approximate surface area is 229 Å². The average molecular weight is 548 g/mol. The minimum absolute atomic E-state index is 0.217. The molecular formula is C27H41N5O5S. The first kappa shape index (κ1) is 31.3. The molecule has 1 unspecified atom stereocenters. The molecule has 1 aromatic heterocycles. The van der Waals surface area contributed by atoms with E-state index in [0.717, 1.165) is 17.7 Å². The number of nitrogens with one attached hydrogen (secondary N) is 3. The number of carbonyl (C=O) groups is 3. The highest BCUT2D eigenvalue weighted by Crippen LogP contribution is 2.16. The highest BCUT2D eigenvalue weighted by atomic mass is 32.2. The van der Waals surface area contributed by atoms with Crippen LogP contribution in [0.3, 0.4) is 0 Å². The van der Waals surface area contributed by atoms with Gasteiger partial charge in [-0.2, -0.15) is 11.8 Å². The van der Waals surface area contributed by atoms with Gasteiger partial charge in [-0.25, -0.2) is 9.78 Å². The Morgan fingerprint density at radius 3 is 2.47 bits per heavy atom. The van der Waals surface area contributed by atoms with Crippen molar-refractivity contribution in [3.05, 3.63) is 54.1 Å². The van der Waals surface area contributed by atoms with Crippen molar-refractivity contribution in [1.29, 1.82) is 0 Å². The maximum absolute atomic E-state index is 13.5. The summed E-state index contributed by atoms with van der Waals surface area (Å²) in [5, 5.41) is 5.69. The van der Waals surface area contributed by atoms with E-state index in [1.807, 2.05) is 43.5 Å². The van der Waals surface area contributed by atoms with Crippen LogP contribution in [0.1, 0.15) is 44.4 Å². The number of thioether (sulfide) groups is 1. The molecule has 0 aliphatic heterocycles. The number of hydrogen-bond donors (Lipinski definition) is 4. The van der Waals surface area contributed by atoms with E-state index >= 15 is 0 Å². The number of ether oxygens (including phenoxy) is 2. The van der Waals surface area contributed by atoms with Crippen molar-refractivity contribution in [3.8, 4) is 0 Å². The molecule has 210 valence electrons. The fraction of sp³-hybridized carbons (Fsp3) is 0.556. The van der Waals surface area contributed by atoms with Crippen molar-refractivity contribution in [2.24, 2.45) is 11.7 Å². The number of hydrogen-bond acceptors (Lipinski definition) is 8. The van der Waals surface area contributed by atoms with E-state index < -0.39 is 36.3 Å². The van der Waals surface area contributed by atoms with Gasteiger partial charge in [-0.1, -0.05) is 50.6 Å². The smallest absolute Gasteiger partial charge is 0.328 e. The topological polar surface area (TPSA) is 148 Å². The summed E-state index contributed by atoms with van der Waals surface area (Å²) in [6, 6.07) is 7.83. The number of carbonyl (C=O) groups excluding carboxylic acids is 3. The van der Waals surface area contributed by atoms with Crippen molar-refractivity contribution < 1.29 is 23.9 Å². The number of aromatic amines is 1. The molecule has 0 aliphatic rings. The van der Waals surface area contributed by atoms with Crippen molar-refractivity contribution in [1.82, 2.24) is 20.6 Å². The van der Waals surface area contributed by atoms with Crippen molar-refractivity contribution in [2.45, 2.75) is 70.4 Å². The molecule has 1 heterocycles. The van der Waals surface area contributed by atoms with Gasteiger partial charge < -0.3 is 30.8 Å². The van der Waals surface area contributed by atoms with Crippen LogP contribution in [0.4, 0.5) is 0 Å². The molecule has 10 nitrogen and oxygen atoms in total. The number of aromatic nitrogens is 2. The summed E-state index contributed by atoms with van der Waals surface area (Å²) >= 11 is 1.57. The van der Waals surface area contributed by atoms with Crippen LogP contribution in [0, 0.1) is 5.92 Å². The fourth-order valence-corrected chi connectivity index (χ4v) is 4.26. The number of esters is 1. The Bertz CT molecular complexity index is 976. The summed E-state index contributed by atoms with van der Waals surface area (Å²) in [5.41, 5.74) is 7.78. The van der Waals surface area contributed by atoms with Crippen molar-refractivity contribution in [3.63, 3.8) is 0 Å². The third-order valence-electron chi connectivity index (χ3n) is 6.25. The minimum atomic E-state index is -0.961. The third-order valence-corrected chi connectivity index (χ3v) is 6.89. The third kappa shape index (κ3) is 10.8. The Morgan fingerprint density at radius 2 is 1.87 bits per heavy atom. The first-order valence-electron chi connectivity index (χ1n) is 12.9. The van der Waals surface area contributed by atoms with Gasteiger partial charge in [-0.05, 0) is 36.3 Å². The first-order chi connectivity index (χ1) is 18.3. The van der Waals surface area contributed by atoms with Gasteiger partial charge in [0.05, 0.1) is 19.5 Å². The van der Waals surface area contributed by atoms with Crippen LogP contribution in [0.5, 0.6) is 0 Å². The first-order valence-corrected chi connectivity index (χ1v) is 14.3. The molecule has 0 saturated carbocycles. The van der Waals surface area contributed by atoms with E-state index in [4.69, 9.17) is 15.2 Å². The molecule has 0 saturated heterocycles. The molecule has 0 fully saturated rings. The standard InChI is InChI=1S/C27H41N5O5S/c1-5-18(2)13-24(32-25(33)21(28)15-20-16-29-17-30-20)37-23(14-19-9-7-6-8-10-19)26(34)31-22(11-12-38-4)27(35)36-3/h6-10,16-18,21-24H,5,11-15,28H2,1-4H3,(H,29,30)(H,31,34)(H,32,33)/t18-,21-,22-,23-,24?/m0/s1. The molecule has 0 radical (unpaired) electrons. The van der Waals surface area contributed by atoms with E-state index in [9.17, 15) is 14.4 Å². The summed E-state index contributed by atoms with van der Waals surface area (Å²) in [7, 11) is 1.29. The highest BCUT2D eigenvalue weighted by Gasteiger charge is 2.30. The lowest BCUT2D eigenvalue weighted by atomic mass is 10.0. The molecule has 2 rings (SSSR count). The van der Waals surface area contributed by atoms with Gasteiger partial charge in [-0.3, -0.25) is 9.59 Å². The maximum Gasteiger partial charge on any atom is 0.328 e. The van der Waals surface area contributed by atoms with Crippen LogP contribution >= 0.6 is 11.8 Å². The van der Waals surface area contributed by atoms with Gasteiger partial charge in [0.15, 0.2) is 0 Å². The number of nitrogens with zero attached hydrogens (tertiary/aromatic N) is 1. The second-order valence-electron chi connectivity index (χ2n) is 9.31. The van der Waals surface area contributed by atoms with Gasteiger partial charge in [0.1, 0.15) is 18.4 Å². The number of methoxy groups -OCH3 is 1. The zero-order valence-electron chi connectivity index (χ0n) is 22.6. The van der Waals surface area contributed by atoms with E-state index in [2.05, 4.69) is 27.5 Å². The molecule has 0 bridgehead atoms. The van der Waals surface area contributed by atoms with Crippen LogP contribution in [0.25, 0.3) is 0 Å². The molecule has 11 heteroatoms. The molecule has 2 aromatic rings. The fourth-order valence-electron chi connectivity index (χ4n) is 3.79. The maximum atomic E-state index is 13.5. The van der Waals surface area contributed by atoms with Crippen LogP contribution in [0.2, 0.25) is 0 Å². The highest BCUT2D eigenvalue weighted by molar-refractivity contribution is 7.98. The number of H-pyrrole nitrogens is 1. The van der Waals surface area contributed by atoms with E-state index in [1.54, 1.807) is 18.0 Å². The van der Waals surface area contributed by atoms with E-state index in [-0.39, 0.29) is 24.7 Å². The van der Waals surface area contributed by atoms with E-state index in [0.29, 0.717) is 18.6 Å². The minimum Gasteiger partial charge on any atom is -0.467 e. The summed E-state index contributed by atoms with van der Waals surface area (Å²) in [4.78, 5) is 45.7. The second kappa shape index (κ2) is 16.8. The summed E-state index contributed by atoms with van der Waals surface area (Å²) in [6.45, 7) is 4.10. The number of amides is 2. The van der Waals surface area contributed by atoms with Gasteiger partial charge >= 0.3 is 5.97 Å². The van der Waals surface area contributed by atoms with Gasteiger partial charge in [0.25, 0.3) is 0 Å². The molecule has 0 aliphatic carbocycles. The van der Waals surface area contributed by atoms with Gasteiger partial charge in [0.2, 0.25) is 11.8 Å². The predicted molar refractivity (Wildman–Crippen MR) is 148 cm³/mol. The number of nitrogens with two attached hydrogens (primary N) is 1. The summed E-state index contributed by atoms with van der Waals surface area (Å²) in [5.74, 6) is -0.464. The summed E-state index contributed by atoms with van der Waals surface area (Å²) in [6.07, 6.45) is 5.68. The second-order valence-corrected chi connectivity index (χ2v) is 10.3. The largest absolute Gasteiger partial charge is 0.467 e. The van der Waals surface area contributed by atoms with Crippen molar-refractivity contribution >= 4 is 29.5 Å². The van der Waals surface area contributed by atoms with Crippen LogP contribution in [-0.4, -0.2) is 71.3 Å². The van der Waals surface area contributed by atoms with Crippen LogP contribution < -0.4 is 16.4 Å². The molecule has 5 atom stereocenters. The number of imidazole rings is 1. The SMILES string of the molecule is CC[C@H](C)CC(NC(=O)[C@@H](N)Cc1cnc[nH]1)O[C@@H](Cc1ccccc1)C(=O)N[C@@H](CCSC)C(=O)OC. The Kier molecular flexibility index (Phi) is 13.9. The lowest BCUT2D eigenvalue weighted by molar-refractivity contribution is -0.150. The van der Waals surface area contributed by atoms with Gasteiger partial charge in [-0.15, -0.1) is 0 Å². The predicted octanol–water partition coefficient (Wildman–Crippen LogP) is 2.20. The average Bonchev–Trinajstić information content (AvgIpc) is 3.43. The summed E-state index contributed by atoms with van der Waals surface area (Å²) < 4.78 is 11.2. The van der Waals surface area contributed by atoms with Gasteiger partial charge in [0, 0.05) is 24.7 Å². The Morgan fingerprint density at radius 1 is 1.13 bits per heavy atom. The Hall–Kier alpha value is -2.89. The molecule has 2 amide bonds. The van der Waals surface area contributed by atoms with E-state index in [1.165, 1.54) is 13.4 Å². The lowest BCUT2D eigenvalue weighted by Crippen LogP contribution is -2.52. The zero-order chi connectivity index (χ0) is 27.9. The van der Waals surface area contributed by atoms with Crippen LogP contribution in [0.15, 0.2) is 42.9 Å². The van der Waals surface area contributed by atoms with Crippen molar-refractivity contribution in [2.75, 3.05) is 19.1 Å². The normalized spacial score (nSPS) is 15.1. The monoisotopic (exact) mass is 547 g/mol. The number of rotatable bonds is 17. The zero-order valence-corrected chi connectivity index (χ0v) is 23.5. The molecule has 5 N–H and O–H groups in total. The number of benzene rings is 1. The quantitative estimate of drug-likeness (QED) is 0.174. The van der Waals surface area contributed by atoms with Crippen LogP contribution in [-0.2, 0) is 36.7 Å². The lowest BCUT2D eigenvalue weighted by Gasteiger charge is -2.29. The molecule has 0 spiro atoms. The molecular weight excluding hydrogens is 506 g/mol. The molecule has 1 aromatic carbocycles. The molecule has 38 heavy (non-hydrogen) atoms. The Balaban J connectivity index is 2.22.